The fourth-order valence-electron chi connectivity index (χ4n) is 1.21. The van der Waals surface area contributed by atoms with Gasteiger partial charge in [-0.1, -0.05) is 5.21 Å². The van der Waals surface area contributed by atoms with Gasteiger partial charge in [0, 0.05) is 0 Å². The molecule has 0 saturated heterocycles. The first-order valence-corrected chi connectivity index (χ1v) is 4.50. The molecule has 0 unspecified atom stereocenters. The summed E-state index contributed by atoms with van der Waals surface area (Å²) in [6, 6.07) is 0. The largest absolute Gasteiger partial charge is 0.477 e. The van der Waals surface area contributed by atoms with Gasteiger partial charge in [0.2, 0.25) is 0 Å². The van der Waals surface area contributed by atoms with Crippen LogP contribution in [0.4, 0.5) is 0 Å². The van der Waals surface area contributed by atoms with E-state index in [2.05, 4.69) is 15.4 Å². The Kier molecular flexibility index (Phi) is 1.81. The van der Waals surface area contributed by atoms with Crippen LogP contribution in [0.15, 0.2) is 4.79 Å². The molecule has 2 rings (SSSR count). The molecule has 2 aromatic heterocycles. The lowest BCUT2D eigenvalue weighted by molar-refractivity contribution is 0.0701. The highest BCUT2D eigenvalue weighted by Crippen LogP contribution is 2.25. The van der Waals surface area contributed by atoms with Gasteiger partial charge < -0.3 is 5.11 Å². The topological polar surface area (TPSA) is 95.9 Å². The third-order valence-electron chi connectivity index (χ3n) is 1.84. The van der Waals surface area contributed by atoms with Gasteiger partial charge in [-0.2, -0.15) is 0 Å². The Balaban J connectivity index is 2.94. The lowest BCUT2D eigenvalue weighted by Crippen LogP contribution is -2.09. The molecule has 0 aliphatic carbocycles. The molecule has 0 atom stereocenters. The SMILES string of the molecule is Cc1c(C(=O)O)sc2nn[nH]c(=O)c12. The Hall–Kier alpha value is -1.76. The van der Waals surface area contributed by atoms with Gasteiger partial charge in [-0.25, -0.2) is 9.89 Å². The summed E-state index contributed by atoms with van der Waals surface area (Å²) in [5.74, 6) is -1.05. The number of aromatic amines is 1. The smallest absolute Gasteiger partial charge is 0.346 e. The summed E-state index contributed by atoms with van der Waals surface area (Å²) in [5.41, 5.74) is 0.0323. The second kappa shape index (κ2) is 2.88. The van der Waals surface area contributed by atoms with Gasteiger partial charge in [0.15, 0.2) is 4.83 Å². The number of fused-ring (bicyclic) bond motifs is 1. The molecule has 2 N–H and O–H groups in total. The van der Waals surface area contributed by atoms with Gasteiger partial charge in [-0.3, -0.25) is 4.79 Å². The molecular formula is C7H5N3O3S. The summed E-state index contributed by atoms with van der Waals surface area (Å²) >= 11 is 0.953. The number of hydrogen-bond donors (Lipinski definition) is 2. The van der Waals surface area contributed by atoms with Crippen LogP contribution in [0.2, 0.25) is 0 Å². The van der Waals surface area contributed by atoms with E-state index in [-0.39, 0.29) is 4.88 Å². The van der Waals surface area contributed by atoms with Crippen molar-refractivity contribution in [3.05, 3.63) is 20.8 Å². The Bertz CT molecular complexity index is 571. The van der Waals surface area contributed by atoms with E-state index in [1.165, 1.54) is 0 Å². The number of hydrogen-bond acceptors (Lipinski definition) is 5. The minimum absolute atomic E-state index is 0.131. The summed E-state index contributed by atoms with van der Waals surface area (Å²) in [7, 11) is 0. The van der Waals surface area contributed by atoms with E-state index in [0.717, 1.165) is 11.3 Å². The predicted octanol–water partition coefficient (Wildman–Crippen LogP) is 0.386. The summed E-state index contributed by atoms with van der Waals surface area (Å²) < 4.78 is 0. The van der Waals surface area contributed by atoms with E-state index in [1.54, 1.807) is 6.92 Å². The number of carboxylic acid groups (broad SMARTS) is 1. The lowest BCUT2D eigenvalue weighted by Gasteiger charge is -1.88. The molecule has 0 spiro atoms. The quantitative estimate of drug-likeness (QED) is 0.711. The molecule has 0 bridgehead atoms. The molecule has 0 saturated carbocycles. The predicted molar refractivity (Wildman–Crippen MR) is 49.7 cm³/mol. The minimum atomic E-state index is -1.05. The molecule has 6 nitrogen and oxygen atoms in total. The van der Waals surface area contributed by atoms with Crippen LogP contribution in [0.5, 0.6) is 0 Å². The zero-order valence-corrected chi connectivity index (χ0v) is 7.88. The van der Waals surface area contributed by atoms with E-state index in [4.69, 9.17) is 5.11 Å². The zero-order valence-electron chi connectivity index (χ0n) is 7.07. The molecule has 0 amide bonds. The number of carboxylic acids is 1. The third kappa shape index (κ3) is 1.10. The molecular weight excluding hydrogens is 206 g/mol. The number of rotatable bonds is 1. The monoisotopic (exact) mass is 211 g/mol. The first-order chi connectivity index (χ1) is 6.61. The van der Waals surface area contributed by atoms with E-state index >= 15 is 0 Å². The van der Waals surface area contributed by atoms with Crippen LogP contribution < -0.4 is 5.56 Å². The zero-order chi connectivity index (χ0) is 10.3. The van der Waals surface area contributed by atoms with Gasteiger partial charge in [0.05, 0.1) is 5.39 Å². The Morgan fingerprint density at radius 1 is 1.57 bits per heavy atom. The van der Waals surface area contributed by atoms with Crippen molar-refractivity contribution in [3.63, 3.8) is 0 Å². The summed E-state index contributed by atoms with van der Waals surface area (Å²) in [6.07, 6.45) is 0. The van der Waals surface area contributed by atoms with Crippen molar-refractivity contribution in [3.8, 4) is 0 Å². The number of aromatic carboxylic acids is 1. The lowest BCUT2D eigenvalue weighted by atomic mass is 10.2. The van der Waals surface area contributed by atoms with Crippen molar-refractivity contribution in [2.24, 2.45) is 0 Å². The van der Waals surface area contributed by atoms with E-state index < -0.39 is 11.5 Å². The summed E-state index contributed by atoms with van der Waals surface area (Å²) in [6.45, 7) is 1.58. The van der Waals surface area contributed by atoms with Gasteiger partial charge in [-0.05, 0) is 12.5 Å². The Labute approximate surface area is 81.2 Å². The molecule has 2 aromatic rings. The van der Waals surface area contributed by atoms with Gasteiger partial charge >= 0.3 is 5.97 Å². The highest BCUT2D eigenvalue weighted by atomic mass is 32.1. The van der Waals surface area contributed by atoms with Gasteiger partial charge in [0.25, 0.3) is 5.56 Å². The van der Waals surface area contributed by atoms with E-state index in [1.807, 2.05) is 0 Å². The fourth-order valence-corrected chi connectivity index (χ4v) is 2.18. The molecule has 2 heterocycles. The average Bonchev–Trinajstić information content (AvgIpc) is 2.45. The third-order valence-corrected chi connectivity index (χ3v) is 3.01. The molecule has 0 aliphatic rings. The van der Waals surface area contributed by atoms with Crippen LogP contribution >= 0.6 is 11.3 Å². The van der Waals surface area contributed by atoms with Crippen molar-refractivity contribution < 1.29 is 9.90 Å². The van der Waals surface area contributed by atoms with Crippen LogP contribution in [-0.2, 0) is 0 Å². The molecule has 0 fully saturated rings. The standard InChI is InChI=1S/C7H5N3O3S/c1-2-3-5(11)8-10-9-6(3)14-4(2)7(12)13/h1H3,(H,12,13)(H,8,9,11). The summed E-state index contributed by atoms with van der Waals surface area (Å²) in [4.78, 5) is 22.5. The second-order valence-corrected chi connectivity index (χ2v) is 3.68. The van der Waals surface area contributed by atoms with Crippen LogP contribution in [0, 0.1) is 6.92 Å². The number of nitrogens with one attached hydrogen (secondary N) is 1. The van der Waals surface area contributed by atoms with Gasteiger partial charge in [-0.15, -0.1) is 16.4 Å². The number of nitrogens with zero attached hydrogens (tertiary/aromatic N) is 2. The van der Waals surface area contributed by atoms with Crippen LogP contribution in [0.3, 0.4) is 0 Å². The molecule has 0 aliphatic heterocycles. The maximum Gasteiger partial charge on any atom is 0.346 e. The minimum Gasteiger partial charge on any atom is -0.477 e. The van der Waals surface area contributed by atoms with Crippen molar-refractivity contribution in [1.82, 2.24) is 15.4 Å². The number of H-pyrrole nitrogens is 1. The van der Waals surface area contributed by atoms with Crippen LogP contribution in [0.25, 0.3) is 10.2 Å². The number of aromatic nitrogens is 3. The first kappa shape index (κ1) is 8.82. The molecule has 72 valence electrons. The van der Waals surface area contributed by atoms with Crippen molar-refractivity contribution in [1.29, 1.82) is 0 Å². The molecule has 0 radical (unpaired) electrons. The second-order valence-electron chi connectivity index (χ2n) is 2.68. The Morgan fingerprint density at radius 3 is 2.86 bits per heavy atom. The maximum absolute atomic E-state index is 11.3. The Morgan fingerprint density at radius 2 is 2.29 bits per heavy atom. The molecule has 0 aromatic carbocycles. The van der Waals surface area contributed by atoms with E-state index in [0.29, 0.717) is 15.8 Å². The van der Waals surface area contributed by atoms with Crippen molar-refractivity contribution in [2.75, 3.05) is 0 Å². The van der Waals surface area contributed by atoms with Crippen molar-refractivity contribution in [2.45, 2.75) is 6.92 Å². The number of thiophene rings is 1. The molecule has 7 heteroatoms. The van der Waals surface area contributed by atoms with Gasteiger partial charge in [0.1, 0.15) is 4.88 Å². The maximum atomic E-state index is 11.3. The van der Waals surface area contributed by atoms with E-state index in [9.17, 15) is 9.59 Å². The first-order valence-electron chi connectivity index (χ1n) is 3.69. The summed E-state index contributed by atoms with van der Waals surface area (Å²) in [5, 5.41) is 18.3. The average molecular weight is 211 g/mol. The highest BCUT2D eigenvalue weighted by molar-refractivity contribution is 7.20. The van der Waals surface area contributed by atoms with Crippen molar-refractivity contribution >= 4 is 27.5 Å². The number of aryl methyl sites for hydroxylation is 1. The number of carbonyl (C=O) groups is 1. The van der Waals surface area contributed by atoms with Crippen LogP contribution in [-0.4, -0.2) is 26.5 Å². The fraction of sp³-hybridized carbons (Fsp3) is 0.143. The normalized spacial score (nSPS) is 10.6. The van der Waals surface area contributed by atoms with Crippen LogP contribution in [0.1, 0.15) is 15.2 Å². The highest BCUT2D eigenvalue weighted by Gasteiger charge is 2.17. The molecule has 14 heavy (non-hydrogen) atoms.